The molecule has 2 amide bonds. The highest BCUT2D eigenvalue weighted by molar-refractivity contribution is 5.94. The molecule has 1 N–H and O–H groups in total. The first-order valence-corrected chi connectivity index (χ1v) is 8.98. The van der Waals surface area contributed by atoms with E-state index in [1.54, 1.807) is 45.0 Å². The number of benzene rings is 2. The fourth-order valence-corrected chi connectivity index (χ4v) is 2.44. The molecule has 0 unspecified atom stereocenters. The number of alkyl halides is 3. The van der Waals surface area contributed by atoms with E-state index in [-0.39, 0.29) is 18.7 Å². The van der Waals surface area contributed by atoms with Crippen LogP contribution in [0, 0.1) is 0 Å². The van der Waals surface area contributed by atoms with Crippen molar-refractivity contribution < 1.29 is 27.5 Å². The Morgan fingerprint density at radius 2 is 1.55 bits per heavy atom. The molecule has 0 aliphatic heterocycles. The van der Waals surface area contributed by atoms with Crippen molar-refractivity contribution in [3.8, 4) is 0 Å². The van der Waals surface area contributed by atoms with Gasteiger partial charge in [0.05, 0.1) is 5.56 Å². The lowest BCUT2D eigenvalue weighted by atomic mass is 10.1. The second-order valence-electron chi connectivity index (χ2n) is 7.30. The molecule has 2 aromatic rings. The number of carbonyl (C=O) groups is 2. The number of nitrogens with one attached hydrogen (secondary N) is 1. The third-order valence-corrected chi connectivity index (χ3v) is 3.78. The number of nitrogens with zero attached hydrogens (tertiary/aromatic N) is 1. The van der Waals surface area contributed by atoms with E-state index in [0.29, 0.717) is 5.69 Å². The number of carbonyl (C=O) groups excluding carboxylic acids is 2. The predicted octanol–water partition coefficient (Wildman–Crippen LogP) is 4.88. The average Bonchev–Trinajstić information content (AvgIpc) is 2.63. The van der Waals surface area contributed by atoms with E-state index in [0.717, 1.165) is 24.3 Å². The molecule has 0 heterocycles. The van der Waals surface area contributed by atoms with Crippen LogP contribution in [0.4, 0.5) is 23.7 Å². The Hall–Kier alpha value is -3.03. The van der Waals surface area contributed by atoms with E-state index in [9.17, 15) is 22.8 Å². The maximum atomic E-state index is 12.6. The molecule has 156 valence electrons. The van der Waals surface area contributed by atoms with Crippen LogP contribution in [0.1, 0.15) is 36.7 Å². The minimum absolute atomic E-state index is 0.0913. The molecule has 0 bridgehead atoms. The van der Waals surface area contributed by atoms with Gasteiger partial charge >= 0.3 is 12.3 Å². The third kappa shape index (κ3) is 6.81. The van der Waals surface area contributed by atoms with Crippen LogP contribution in [0.5, 0.6) is 0 Å². The number of halogens is 3. The van der Waals surface area contributed by atoms with Crippen LogP contribution in [0.25, 0.3) is 0 Å². The summed E-state index contributed by atoms with van der Waals surface area (Å²) in [4.78, 5) is 26.1. The SMILES string of the molecule is CC(C)(C)OC(=O)N(CCNC(=O)c1ccc(C(F)(F)F)cc1)c1ccccc1. The number of para-hydroxylation sites is 1. The highest BCUT2D eigenvalue weighted by atomic mass is 19.4. The smallest absolute Gasteiger partial charge is 0.416 e. The van der Waals surface area contributed by atoms with Gasteiger partial charge in [-0.1, -0.05) is 18.2 Å². The quantitative estimate of drug-likeness (QED) is 0.767. The Labute approximate surface area is 167 Å². The van der Waals surface area contributed by atoms with E-state index in [2.05, 4.69) is 5.32 Å². The van der Waals surface area contributed by atoms with Crippen LogP contribution in [-0.4, -0.2) is 30.7 Å². The molecule has 29 heavy (non-hydrogen) atoms. The van der Waals surface area contributed by atoms with Gasteiger partial charge in [-0.15, -0.1) is 0 Å². The van der Waals surface area contributed by atoms with Crippen LogP contribution >= 0.6 is 0 Å². The standard InChI is InChI=1S/C21H23F3N2O3/c1-20(2,3)29-19(28)26(17-7-5-4-6-8-17)14-13-25-18(27)15-9-11-16(12-10-15)21(22,23)24/h4-12H,13-14H2,1-3H3,(H,25,27). The van der Waals surface area contributed by atoms with E-state index in [1.165, 1.54) is 4.90 Å². The summed E-state index contributed by atoms with van der Waals surface area (Å²) in [6, 6.07) is 12.8. The summed E-state index contributed by atoms with van der Waals surface area (Å²) in [5, 5.41) is 2.61. The number of hydrogen-bond donors (Lipinski definition) is 1. The number of amides is 2. The second-order valence-corrected chi connectivity index (χ2v) is 7.30. The molecular weight excluding hydrogens is 385 g/mol. The molecule has 8 heteroatoms. The highest BCUT2D eigenvalue weighted by Gasteiger charge is 2.30. The van der Waals surface area contributed by atoms with Crippen molar-refractivity contribution in [2.75, 3.05) is 18.0 Å². The Kier molecular flexibility index (Phi) is 6.89. The molecule has 0 aliphatic carbocycles. The first-order valence-electron chi connectivity index (χ1n) is 8.98. The molecule has 0 aromatic heterocycles. The van der Waals surface area contributed by atoms with Crippen molar-refractivity contribution in [3.63, 3.8) is 0 Å². The Morgan fingerprint density at radius 1 is 0.966 bits per heavy atom. The largest absolute Gasteiger partial charge is 0.443 e. The zero-order chi connectivity index (χ0) is 21.7. The number of hydrogen-bond acceptors (Lipinski definition) is 3. The molecule has 0 fully saturated rings. The van der Waals surface area contributed by atoms with Gasteiger partial charge in [-0.25, -0.2) is 4.79 Å². The van der Waals surface area contributed by atoms with Gasteiger partial charge in [-0.3, -0.25) is 9.69 Å². The van der Waals surface area contributed by atoms with Gasteiger partial charge in [-0.05, 0) is 57.2 Å². The minimum atomic E-state index is -4.46. The summed E-state index contributed by atoms with van der Waals surface area (Å²) in [7, 11) is 0. The molecule has 0 saturated heterocycles. The topological polar surface area (TPSA) is 58.6 Å². The fourth-order valence-electron chi connectivity index (χ4n) is 2.44. The Morgan fingerprint density at radius 3 is 2.07 bits per heavy atom. The van der Waals surface area contributed by atoms with Gasteiger partial charge in [0, 0.05) is 24.3 Å². The lowest BCUT2D eigenvalue weighted by molar-refractivity contribution is -0.137. The molecule has 0 spiro atoms. The summed E-state index contributed by atoms with van der Waals surface area (Å²) < 4.78 is 43.3. The highest BCUT2D eigenvalue weighted by Crippen LogP contribution is 2.29. The van der Waals surface area contributed by atoms with E-state index >= 15 is 0 Å². The summed E-state index contributed by atoms with van der Waals surface area (Å²) in [6.07, 6.45) is -5.02. The summed E-state index contributed by atoms with van der Waals surface area (Å²) in [5.41, 5.74) is -0.811. The van der Waals surface area contributed by atoms with Crippen molar-refractivity contribution in [1.82, 2.24) is 5.32 Å². The second kappa shape index (κ2) is 8.98. The van der Waals surface area contributed by atoms with Crippen molar-refractivity contribution >= 4 is 17.7 Å². The summed E-state index contributed by atoms with van der Waals surface area (Å²) >= 11 is 0. The molecule has 0 saturated carbocycles. The molecule has 2 rings (SSSR count). The van der Waals surface area contributed by atoms with Crippen molar-refractivity contribution in [1.29, 1.82) is 0 Å². The van der Waals surface area contributed by atoms with Gasteiger partial charge in [0.1, 0.15) is 5.60 Å². The summed E-state index contributed by atoms with van der Waals surface area (Å²) in [5.74, 6) is -0.532. The number of ether oxygens (including phenoxy) is 1. The molecular formula is C21H23F3N2O3. The molecule has 0 atom stereocenters. The molecule has 2 aromatic carbocycles. The maximum Gasteiger partial charge on any atom is 0.416 e. The van der Waals surface area contributed by atoms with Gasteiger partial charge in [0.2, 0.25) is 0 Å². The first kappa shape index (κ1) is 22.3. The maximum absolute atomic E-state index is 12.6. The first-order chi connectivity index (χ1) is 13.5. The third-order valence-electron chi connectivity index (χ3n) is 3.78. The van der Waals surface area contributed by atoms with Crippen LogP contribution < -0.4 is 10.2 Å². The normalized spacial score (nSPS) is 11.7. The Bertz CT molecular complexity index is 829. The van der Waals surface area contributed by atoms with Crippen molar-refractivity contribution in [2.45, 2.75) is 32.5 Å². The van der Waals surface area contributed by atoms with Crippen LogP contribution in [0.2, 0.25) is 0 Å². The average molecular weight is 408 g/mol. The van der Waals surface area contributed by atoms with Gasteiger partial charge in [0.25, 0.3) is 5.91 Å². The molecule has 5 nitrogen and oxygen atoms in total. The van der Waals surface area contributed by atoms with E-state index in [4.69, 9.17) is 4.74 Å². The lowest BCUT2D eigenvalue weighted by Gasteiger charge is -2.27. The Balaban J connectivity index is 2.02. The van der Waals surface area contributed by atoms with Gasteiger partial charge in [-0.2, -0.15) is 13.2 Å². The molecule has 0 aliphatic rings. The zero-order valence-electron chi connectivity index (χ0n) is 16.4. The van der Waals surface area contributed by atoms with E-state index < -0.39 is 29.3 Å². The van der Waals surface area contributed by atoms with Gasteiger partial charge < -0.3 is 10.1 Å². The summed E-state index contributed by atoms with van der Waals surface area (Å²) in [6.45, 7) is 5.47. The van der Waals surface area contributed by atoms with Crippen LogP contribution in [0.3, 0.4) is 0 Å². The predicted molar refractivity (Wildman–Crippen MR) is 104 cm³/mol. The zero-order valence-corrected chi connectivity index (χ0v) is 16.4. The number of anilines is 1. The minimum Gasteiger partial charge on any atom is -0.443 e. The van der Waals surface area contributed by atoms with Gasteiger partial charge in [0.15, 0.2) is 0 Å². The van der Waals surface area contributed by atoms with Crippen molar-refractivity contribution in [3.05, 3.63) is 65.7 Å². The monoisotopic (exact) mass is 408 g/mol. The van der Waals surface area contributed by atoms with Crippen molar-refractivity contribution in [2.24, 2.45) is 0 Å². The number of rotatable bonds is 5. The van der Waals surface area contributed by atoms with E-state index in [1.807, 2.05) is 6.07 Å². The fraction of sp³-hybridized carbons (Fsp3) is 0.333. The van der Waals surface area contributed by atoms with Crippen LogP contribution in [-0.2, 0) is 10.9 Å². The lowest BCUT2D eigenvalue weighted by Crippen LogP contribution is -2.41. The van der Waals surface area contributed by atoms with Crippen LogP contribution in [0.15, 0.2) is 54.6 Å². The molecule has 0 radical (unpaired) electrons.